The topological polar surface area (TPSA) is 78.9 Å². The molecule has 0 heterocycles. The van der Waals surface area contributed by atoms with Crippen molar-refractivity contribution in [2.45, 2.75) is 303 Å². The molecule has 6 heteroatoms. The lowest BCUT2D eigenvalue weighted by atomic mass is 10.0. The van der Waals surface area contributed by atoms with Crippen LogP contribution >= 0.6 is 0 Å². The highest BCUT2D eigenvalue weighted by molar-refractivity contribution is 5.71. The molecule has 444 valence electrons. The molecule has 0 aliphatic rings. The van der Waals surface area contributed by atoms with Crippen molar-refractivity contribution >= 4 is 17.9 Å². The maximum Gasteiger partial charge on any atom is 0.306 e. The Bertz CT molecular complexity index is 1620. The van der Waals surface area contributed by atoms with Crippen LogP contribution in [0, 0.1) is 0 Å². The van der Waals surface area contributed by atoms with Crippen molar-refractivity contribution in [2.75, 3.05) is 13.2 Å². The van der Waals surface area contributed by atoms with Crippen LogP contribution < -0.4 is 0 Å². The molecule has 0 aromatic carbocycles. The first-order valence-corrected chi connectivity index (χ1v) is 32.5. The molecule has 0 aromatic rings. The summed E-state index contributed by atoms with van der Waals surface area (Å²) in [4.78, 5) is 38.4. The molecular weight excluding hydrogens is 961 g/mol. The Kier molecular flexibility index (Phi) is 61.8. The summed E-state index contributed by atoms with van der Waals surface area (Å²) in [6.45, 7) is 6.41. The lowest BCUT2D eigenvalue weighted by Crippen LogP contribution is -2.30. The maximum atomic E-state index is 12.9. The summed E-state index contributed by atoms with van der Waals surface area (Å²) >= 11 is 0. The first-order valence-electron chi connectivity index (χ1n) is 32.5. The Hall–Kier alpha value is -4.19. The molecule has 0 saturated carbocycles. The van der Waals surface area contributed by atoms with Crippen LogP contribution in [0.25, 0.3) is 0 Å². The van der Waals surface area contributed by atoms with E-state index in [2.05, 4.69) is 142 Å². The monoisotopic (exact) mass is 1080 g/mol. The van der Waals surface area contributed by atoms with Gasteiger partial charge in [0.15, 0.2) is 6.10 Å². The molecule has 0 fully saturated rings. The zero-order valence-corrected chi connectivity index (χ0v) is 50.9. The summed E-state index contributed by atoms with van der Waals surface area (Å²) in [6.07, 6.45) is 90.5. The standard InChI is InChI=1S/C72H120O6/c1-4-7-10-13-16-19-22-25-28-31-34-36-38-41-44-47-50-53-56-59-62-65-71(74)77-68-69(67-76-70(73)64-61-58-55-52-49-46-43-40-33-30-27-24-21-18-15-12-9-6-3)78-72(75)66-63-60-57-54-51-48-45-42-39-37-35-32-29-26-23-20-17-14-11-8-5-2/h7-8,10-11,16-17,19-20,25-26,28-29,34-37,41-42,44-45,69H,4-6,9,12-15,18,21-24,27,30-33,38-40,43,46-68H2,1-3H3/b10-7-,11-8-,19-16-,20-17-,28-25-,29-26-,36-34-,37-35-,44-41-,45-42-. The van der Waals surface area contributed by atoms with Crippen LogP contribution in [0.5, 0.6) is 0 Å². The van der Waals surface area contributed by atoms with E-state index < -0.39 is 6.10 Å². The van der Waals surface area contributed by atoms with Crippen molar-refractivity contribution in [3.63, 3.8) is 0 Å². The number of hydrogen-bond donors (Lipinski definition) is 0. The summed E-state index contributed by atoms with van der Waals surface area (Å²) in [5.74, 6) is -0.923. The van der Waals surface area contributed by atoms with Crippen LogP contribution in [0.15, 0.2) is 122 Å². The first-order chi connectivity index (χ1) is 38.5. The first kappa shape index (κ1) is 73.8. The van der Waals surface area contributed by atoms with Gasteiger partial charge in [-0.25, -0.2) is 0 Å². The van der Waals surface area contributed by atoms with Crippen LogP contribution in [0.4, 0.5) is 0 Å². The van der Waals surface area contributed by atoms with E-state index in [9.17, 15) is 14.4 Å². The summed E-state index contributed by atoms with van der Waals surface area (Å²) in [5.41, 5.74) is 0. The van der Waals surface area contributed by atoms with Crippen molar-refractivity contribution in [3.8, 4) is 0 Å². The van der Waals surface area contributed by atoms with Gasteiger partial charge in [-0.1, -0.05) is 290 Å². The number of rotatable bonds is 58. The zero-order valence-electron chi connectivity index (χ0n) is 50.9. The molecule has 0 amide bonds. The average Bonchev–Trinajstić information content (AvgIpc) is 3.44. The van der Waals surface area contributed by atoms with Crippen LogP contribution in [-0.4, -0.2) is 37.2 Å². The molecular formula is C72H120O6. The smallest absolute Gasteiger partial charge is 0.306 e. The van der Waals surface area contributed by atoms with Crippen LogP contribution in [0.1, 0.15) is 297 Å². The molecule has 0 aliphatic carbocycles. The molecule has 0 aliphatic heterocycles. The fraction of sp³-hybridized carbons (Fsp3) is 0.681. The van der Waals surface area contributed by atoms with E-state index in [0.29, 0.717) is 19.3 Å². The van der Waals surface area contributed by atoms with Crippen molar-refractivity contribution in [2.24, 2.45) is 0 Å². The van der Waals surface area contributed by atoms with E-state index >= 15 is 0 Å². The number of hydrogen-bond acceptors (Lipinski definition) is 6. The Morgan fingerprint density at radius 1 is 0.269 bits per heavy atom. The Balaban J connectivity index is 4.47. The molecule has 0 radical (unpaired) electrons. The second-order valence-electron chi connectivity index (χ2n) is 21.3. The van der Waals surface area contributed by atoms with Gasteiger partial charge in [-0.15, -0.1) is 0 Å². The van der Waals surface area contributed by atoms with Gasteiger partial charge in [0, 0.05) is 19.3 Å². The second kappa shape index (κ2) is 65.3. The molecule has 0 N–H and O–H groups in total. The molecule has 1 unspecified atom stereocenters. The number of carbonyl (C=O) groups is 3. The normalized spacial score (nSPS) is 12.9. The molecule has 78 heavy (non-hydrogen) atoms. The summed E-state index contributed by atoms with van der Waals surface area (Å²) in [7, 11) is 0. The van der Waals surface area contributed by atoms with E-state index in [1.54, 1.807) is 0 Å². The number of allylic oxidation sites excluding steroid dienone is 20. The number of unbranched alkanes of at least 4 members (excludes halogenated alkanes) is 27. The van der Waals surface area contributed by atoms with Crippen LogP contribution in [-0.2, 0) is 28.6 Å². The fourth-order valence-electron chi connectivity index (χ4n) is 8.91. The summed E-state index contributed by atoms with van der Waals surface area (Å²) < 4.78 is 16.9. The van der Waals surface area contributed by atoms with Crippen LogP contribution in [0.2, 0.25) is 0 Å². The van der Waals surface area contributed by atoms with Gasteiger partial charge in [0.2, 0.25) is 0 Å². The molecule has 0 rings (SSSR count). The largest absolute Gasteiger partial charge is 0.462 e. The maximum absolute atomic E-state index is 12.9. The molecule has 0 bridgehead atoms. The van der Waals surface area contributed by atoms with Gasteiger partial charge in [0.05, 0.1) is 0 Å². The molecule has 0 spiro atoms. The van der Waals surface area contributed by atoms with Gasteiger partial charge in [-0.2, -0.15) is 0 Å². The van der Waals surface area contributed by atoms with Crippen molar-refractivity contribution in [3.05, 3.63) is 122 Å². The van der Waals surface area contributed by atoms with Gasteiger partial charge in [0.25, 0.3) is 0 Å². The fourth-order valence-corrected chi connectivity index (χ4v) is 8.91. The highest BCUT2D eigenvalue weighted by atomic mass is 16.6. The Morgan fingerprint density at radius 2 is 0.500 bits per heavy atom. The molecule has 0 aromatic heterocycles. The molecule has 0 saturated heterocycles. The lowest BCUT2D eigenvalue weighted by Gasteiger charge is -2.18. The quantitative estimate of drug-likeness (QED) is 0.0261. The third-order valence-electron chi connectivity index (χ3n) is 13.7. The van der Waals surface area contributed by atoms with E-state index in [1.807, 2.05) is 0 Å². The van der Waals surface area contributed by atoms with E-state index in [-0.39, 0.29) is 31.1 Å². The predicted octanol–water partition coefficient (Wildman–Crippen LogP) is 22.4. The average molecular weight is 1080 g/mol. The lowest BCUT2D eigenvalue weighted by molar-refractivity contribution is -0.167. The molecule has 6 nitrogen and oxygen atoms in total. The number of esters is 3. The third kappa shape index (κ3) is 62.7. The van der Waals surface area contributed by atoms with Gasteiger partial charge >= 0.3 is 17.9 Å². The van der Waals surface area contributed by atoms with Gasteiger partial charge < -0.3 is 14.2 Å². The SMILES string of the molecule is CC/C=C\C/C=C\C/C=C\C/C=C\C/C=C\CCCCCCCC(=O)OCC(COC(=O)CCCCCCCCCCCCCCCCCCCC)OC(=O)CCCCCCC/C=C\C/C=C\C/C=C\C/C=C\C/C=C\CC. The number of carbonyl (C=O) groups excluding carboxylic acids is 3. The van der Waals surface area contributed by atoms with Gasteiger partial charge in [0.1, 0.15) is 13.2 Å². The van der Waals surface area contributed by atoms with Gasteiger partial charge in [-0.05, 0) is 109 Å². The van der Waals surface area contributed by atoms with E-state index in [1.165, 1.54) is 96.3 Å². The predicted molar refractivity (Wildman–Crippen MR) is 339 cm³/mol. The minimum absolute atomic E-state index is 0.0927. The summed E-state index contributed by atoms with van der Waals surface area (Å²) in [6, 6.07) is 0. The highest BCUT2D eigenvalue weighted by Gasteiger charge is 2.19. The van der Waals surface area contributed by atoms with Crippen molar-refractivity contribution in [1.29, 1.82) is 0 Å². The van der Waals surface area contributed by atoms with Crippen molar-refractivity contribution in [1.82, 2.24) is 0 Å². The summed E-state index contributed by atoms with van der Waals surface area (Å²) in [5, 5.41) is 0. The molecule has 1 atom stereocenters. The minimum Gasteiger partial charge on any atom is -0.462 e. The Labute approximate surface area is 482 Å². The van der Waals surface area contributed by atoms with E-state index in [4.69, 9.17) is 14.2 Å². The number of ether oxygens (including phenoxy) is 3. The third-order valence-corrected chi connectivity index (χ3v) is 13.7. The van der Waals surface area contributed by atoms with E-state index in [0.717, 1.165) is 161 Å². The van der Waals surface area contributed by atoms with Crippen LogP contribution in [0.3, 0.4) is 0 Å². The Morgan fingerprint density at radius 3 is 0.782 bits per heavy atom. The van der Waals surface area contributed by atoms with Crippen molar-refractivity contribution < 1.29 is 28.6 Å². The van der Waals surface area contributed by atoms with Gasteiger partial charge in [-0.3, -0.25) is 14.4 Å². The highest BCUT2D eigenvalue weighted by Crippen LogP contribution is 2.16. The zero-order chi connectivity index (χ0) is 56.4. The second-order valence-corrected chi connectivity index (χ2v) is 21.3. The minimum atomic E-state index is -0.801.